The third kappa shape index (κ3) is 1.51. The van der Waals surface area contributed by atoms with E-state index < -0.39 is 0 Å². The molecule has 0 heterocycles. The monoisotopic (exact) mass is 213 g/mol. The van der Waals surface area contributed by atoms with E-state index >= 15 is 0 Å². The van der Waals surface area contributed by atoms with Crippen LogP contribution in [0.3, 0.4) is 0 Å². The van der Waals surface area contributed by atoms with E-state index in [0.29, 0.717) is 0 Å². The van der Waals surface area contributed by atoms with Gasteiger partial charge in [0, 0.05) is 12.0 Å². The van der Waals surface area contributed by atoms with Crippen LogP contribution in [0.25, 0.3) is 0 Å². The molecule has 1 saturated carbocycles. The fourth-order valence-corrected chi connectivity index (χ4v) is 1.81. The van der Waals surface area contributed by atoms with Gasteiger partial charge in [-0.15, -0.1) is 0 Å². The molecule has 0 saturated heterocycles. The van der Waals surface area contributed by atoms with Crippen LogP contribution in [0.5, 0.6) is 0 Å². The number of rotatable bonds is 2. The summed E-state index contributed by atoms with van der Waals surface area (Å²) in [5.74, 6) is 0.236. The summed E-state index contributed by atoms with van der Waals surface area (Å²) < 4.78 is -0.357. The van der Waals surface area contributed by atoms with Crippen molar-refractivity contribution in [1.29, 1.82) is 5.26 Å². The van der Waals surface area contributed by atoms with Gasteiger partial charge in [-0.1, -0.05) is 21.5 Å². The zero-order valence-electron chi connectivity index (χ0n) is 6.17. The molecule has 0 radical (unpaired) electrons. The number of alkyl halides is 1. The number of hydrogen-bond donors (Lipinski definition) is 0. The second kappa shape index (κ2) is 2.78. The van der Waals surface area contributed by atoms with Crippen molar-refractivity contribution in [3.63, 3.8) is 0 Å². The average molecular weight is 214 g/mol. The number of halogens is 1. The van der Waals surface area contributed by atoms with Crippen LogP contribution in [0.1, 0.15) is 13.3 Å². The van der Waals surface area contributed by atoms with Crippen molar-refractivity contribution in [1.82, 2.24) is 0 Å². The number of carbonyl (C=O) groups excluding carboxylic acids is 1. The van der Waals surface area contributed by atoms with Gasteiger partial charge in [0.1, 0.15) is 6.29 Å². The Kier molecular flexibility index (Phi) is 2.15. The van der Waals surface area contributed by atoms with Crippen LogP contribution in [0.4, 0.5) is 0 Å². The quantitative estimate of drug-likeness (QED) is 0.399. The van der Waals surface area contributed by atoms with Crippen LogP contribution < -0.4 is 0 Å². The van der Waals surface area contributed by atoms with Crippen molar-refractivity contribution < 1.29 is 4.79 Å². The van der Waals surface area contributed by atoms with Crippen LogP contribution in [0.15, 0.2) is 11.6 Å². The Hall–Kier alpha value is -0.620. The topological polar surface area (TPSA) is 40.9 Å². The molecule has 58 valence electrons. The standard InChI is InChI=1S/C8H8BrNO/c1-6(2-3-10)7-4-8(7,9)5-11/h2,5,7H,4H2,1H3/b6-2-/t7-,8-/m0/s1. The van der Waals surface area contributed by atoms with Crippen LogP contribution in [0, 0.1) is 17.2 Å². The molecule has 2 nitrogen and oxygen atoms in total. The molecule has 1 aliphatic carbocycles. The molecule has 0 aromatic heterocycles. The van der Waals surface area contributed by atoms with E-state index in [2.05, 4.69) is 15.9 Å². The second-order valence-electron chi connectivity index (χ2n) is 2.82. The average Bonchev–Trinajstić information content (AvgIpc) is 2.65. The number of aldehydes is 1. The maximum Gasteiger partial charge on any atom is 0.137 e. The second-order valence-corrected chi connectivity index (χ2v) is 4.30. The number of allylic oxidation sites excluding steroid dienone is 2. The lowest BCUT2D eigenvalue weighted by Crippen LogP contribution is -2.03. The van der Waals surface area contributed by atoms with Gasteiger partial charge in [-0.3, -0.25) is 0 Å². The van der Waals surface area contributed by atoms with Crippen molar-refractivity contribution in [2.75, 3.05) is 0 Å². The molecular formula is C8H8BrNO. The first-order valence-electron chi connectivity index (χ1n) is 3.35. The Morgan fingerprint density at radius 2 is 2.55 bits per heavy atom. The van der Waals surface area contributed by atoms with E-state index in [1.54, 1.807) is 0 Å². The predicted molar refractivity (Wildman–Crippen MR) is 45.2 cm³/mol. The third-order valence-electron chi connectivity index (χ3n) is 1.97. The first kappa shape index (κ1) is 8.48. The van der Waals surface area contributed by atoms with Gasteiger partial charge in [-0.05, 0) is 13.3 Å². The van der Waals surface area contributed by atoms with Crippen LogP contribution in [0.2, 0.25) is 0 Å². The summed E-state index contributed by atoms with van der Waals surface area (Å²) in [5, 5.41) is 8.33. The minimum atomic E-state index is -0.357. The van der Waals surface area contributed by atoms with E-state index in [1.165, 1.54) is 6.08 Å². The molecule has 0 aromatic carbocycles. The highest BCUT2D eigenvalue weighted by atomic mass is 79.9. The zero-order chi connectivity index (χ0) is 8.48. The molecule has 0 spiro atoms. The van der Waals surface area contributed by atoms with Gasteiger partial charge in [0.15, 0.2) is 0 Å². The first-order chi connectivity index (χ1) is 5.14. The normalized spacial score (nSPS) is 36.1. The molecule has 0 amide bonds. The predicted octanol–water partition coefficient (Wildman–Crippen LogP) is 1.81. The van der Waals surface area contributed by atoms with E-state index in [-0.39, 0.29) is 10.2 Å². The Bertz CT molecular complexity index is 253. The van der Waals surface area contributed by atoms with Gasteiger partial charge in [0.05, 0.1) is 10.4 Å². The number of carbonyl (C=O) groups is 1. The lowest BCUT2D eigenvalue weighted by atomic mass is 10.1. The number of nitriles is 1. The Morgan fingerprint density at radius 3 is 2.91 bits per heavy atom. The zero-order valence-corrected chi connectivity index (χ0v) is 7.76. The fourth-order valence-electron chi connectivity index (χ4n) is 1.13. The molecule has 11 heavy (non-hydrogen) atoms. The number of nitrogens with zero attached hydrogens (tertiary/aromatic N) is 1. The van der Waals surface area contributed by atoms with Gasteiger partial charge in [0.2, 0.25) is 0 Å². The molecule has 0 unspecified atom stereocenters. The Morgan fingerprint density at radius 1 is 1.91 bits per heavy atom. The summed E-state index contributed by atoms with van der Waals surface area (Å²) >= 11 is 3.31. The molecule has 0 bridgehead atoms. The molecule has 1 aliphatic rings. The van der Waals surface area contributed by atoms with Gasteiger partial charge >= 0.3 is 0 Å². The molecule has 0 aromatic rings. The highest BCUT2D eigenvalue weighted by Crippen LogP contribution is 2.53. The van der Waals surface area contributed by atoms with Crippen LogP contribution in [-0.4, -0.2) is 10.6 Å². The summed E-state index contributed by atoms with van der Waals surface area (Å²) in [7, 11) is 0. The lowest BCUT2D eigenvalue weighted by molar-refractivity contribution is -0.108. The maximum atomic E-state index is 10.5. The molecule has 2 atom stereocenters. The highest BCUT2D eigenvalue weighted by molar-refractivity contribution is 9.10. The summed E-state index contributed by atoms with van der Waals surface area (Å²) in [4.78, 5) is 10.5. The molecule has 1 rings (SSSR count). The van der Waals surface area contributed by atoms with Crippen molar-refractivity contribution in [3.8, 4) is 6.07 Å². The van der Waals surface area contributed by atoms with Gasteiger partial charge in [-0.2, -0.15) is 5.26 Å². The minimum absolute atomic E-state index is 0.236. The van der Waals surface area contributed by atoms with Gasteiger partial charge in [-0.25, -0.2) is 0 Å². The summed E-state index contributed by atoms with van der Waals surface area (Å²) in [6.45, 7) is 1.88. The molecular weight excluding hydrogens is 206 g/mol. The van der Waals surface area contributed by atoms with Crippen LogP contribution in [-0.2, 0) is 4.79 Å². The maximum absolute atomic E-state index is 10.5. The van der Waals surface area contributed by atoms with Crippen molar-refractivity contribution >= 4 is 22.2 Å². The fraction of sp³-hybridized carbons (Fsp3) is 0.500. The van der Waals surface area contributed by atoms with E-state index in [0.717, 1.165) is 18.3 Å². The minimum Gasteiger partial charge on any atom is -0.302 e. The largest absolute Gasteiger partial charge is 0.302 e. The van der Waals surface area contributed by atoms with E-state index in [9.17, 15) is 4.79 Å². The Balaban J connectivity index is 2.64. The lowest BCUT2D eigenvalue weighted by Gasteiger charge is -1.97. The highest BCUT2D eigenvalue weighted by Gasteiger charge is 2.53. The molecule has 0 N–H and O–H groups in total. The molecule has 3 heteroatoms. The summed E-state index contributed by atoms with van der Waals surface area (Å²) in [5.41, 5.74) is 0.983. The Labute approximate surface area is 74.0 Å². The van der Waals surface area contributed by atoms with Gasteiger partial charge < -0.3 is 4.79 Å². The van der Waals surface area contributed by atoms with Gasteiger partial charge in [0.25, 0.3) is 0 Å². The number of hydrogen-bond acceptors (Lipinski definition) is 2. The molecule has 0 aliphatic heterocycles. The first-order valence-corrected chi connectivity index (χ1v) is 4.15. The van der Waals surface area contributed by atoms with Crippen molar-refractivity contribution in [2.24, 2.45) is 5.92 Å². The third-order valence-corrected chi connectivity index (χ3v) is 3.04. The van der Waals surface area contributed by atoms with E-state index in [1.807, 2.05) is 13.0 Å². The summed E-state index contributed by atoms with van der Waals surface area (Å²) in [6, 6.07) is 1.95. The van der Waals surface area contributed by atoms with Crippen molar-refractivity contribution in [3.05, 3.63) is 11.6 Å². The van der Waals surface area contributed by atoms with Crippen LogP contribution >= 0.6 is 15.9 Å². The van der Waals surface area contributed by atoms with E-state index in [4.69, 9.17) is 5.26 Å². The molecule has 1 fully saturated rings. The van der Waals surface area contributed by atoms with Crippen molar-refractivity contribution in [2.45, 2.75) is 17.7 Å². The SMILES string of the molecule is C/C(=C/C#N)[C@@H]1C[C@]1(Br)C=O. The summed E-state index contributed by atoms with van der Waals surface area (Å²) in [6.07, 6.45) is 3.23. The smallest absolute Gasteiger partial charge is 0.137 e.